The molecule has 0 heterocycles. The van der Waals surface area contributed by atoms with Gasteiger partial charge in [0, 0.05) is 19.7 Å². The van der Waals surface area contributed by atoms with Crippen molar-refractivity contribution in [2.24, 2.45) is 0 Å². The first kappa shape index (κ1) is 13.5. The van der Waals surface area contributed by atoms with Crippen molar-refractivity contribution in [3.63, 3.8) is 0 Å². The molecule has 0 aromatic heterocycles. The summed E-state index contributed by atoms with van der Waals surface area (Å²) in [6, 6.07) is 10.0. The second-order valence-corrected chi connectivity index (χ2v) is 3.94. The molecule has 94 valence electrons. The molecule has 17 heavy (non-hydrogen) atoms. The van der Waals surface area contributed by atoms with E-state index in [2.05, 4.69) is 0 Å². The van der Waals surface area contributed by atoms with E-state index in [1.54, 1.807) is 0 Å². The minimum absolute atomic E-state index is 0.0302. The average Bonchev–Trinajstić information content (AvgIpc) is 2.34. The first-order valence-electron chi connectivity index (χ1n) is 5.86. The number of carbonyl (C=O) groups is 1. The van der Waals surface area contributed by atoms with Gasteiger partial charge in [0.2, 0.25) is 0 Å². The summed E-state index contributed by atoms with van der Waals surface area (Å²) in [4.78, 5) is 12.3. The molecule has 2 N–H and O–H groups in total. The first-order chi connectivity index (χ1) is 8.24. The van der Waals surface area contributed by atoms with Crippen LogP contribution in [-0.4, -0.2) is 40.9 Å². The van der Waals surface area contributed by atoms with E-state index in [-0.39, 0.29) is 6.61 Å². The van der Waals surface area contributed by atoms with E-state index in [4.69, 9.17) is 10.2 Å². The molecule has 0 spiro atoms. The highest BCUT2D eigenvalue weighted by atomic mass is 16.4. The van der Waals surface area contributed by atoms with Crippen LogP contribution in [0.4, 0.5) is 4.79 Å². The third-order valence-corrected chi connectivity index (χ3v) is 2.59. The Bertz CT molecular complexity index is 327. The predicted octanol–water partition coefficient (Wildman–Crippen LogP) is 1.98. The van der Waals surface area contributed by atoms with Crippen LogP contribution in [-0.2, 0) is 6.42 Å². The van der Waals surface area contributed by atoms with Crippen LogP contribution in [0, 0.1) is 0 Å². The largest absolute Gasteiger partial charge is 0.465 e. The molecule has 4 heteroatoms. The lowest BCUT2D eigenvalue weighted by Gasteiger charge is -2.18. The summed E-state index contributed by atoms with van der Waals surface area (Å²) in [5.41, 5.74) is 1.22. The molecule has 0 saturated heterocycles. The smallest absolute Gasteiger partial charge is 0.407 e. The van der Waals surface area contributed by atoms with E-state index < -0.39 is 6.09 Å². The average molecular weight is 237 g/mol. The van der Waals surface area contributed by atoms with Gasteiger partial charge in [-0.25, -0.2) is 4.79 Å². The number of hydrogen-bond acceptors (Lipinski definition) is 2. The number of nitrogens with zero attached hydrogens (tertiary/aromatic N) is 1. The summed E-state index contributed by atoms with van der Waals surface area (Å²) >= 11 is 0. The van der Waals surface area contributed by atoms with E-state index in [0.29, 0.717) is 19.5 Å². The highest BCUT2D eigenvalue weighted by Crippen LogP contribution is 2.04. The SMILES string of the molecule is O=C(O)N(CCCO)CCCc1ccccc1. The molecule has 0 aliphatic rings. The van der Waals surface area contributed by atoms with Crippen LogP contribution in [0.5, 0.6) is 0 Å². The molecule has 0 atom stereocenters. The van der Waals surface area contributed by atoms with Crippen LogP contribution in [0.15, 0.2) is 30.3 Å². The van der Waals surface area contributed by atoms with Gasteiger partial charge in [0.25, 0.3) is 0 Å². The minimum atomic E-state index is -0.911. The minimum Gasteiger partial charge on any atom is -0.465 e. The number of amides is 1. The number of hydrogen-bond donors (Lipinski definition) is 2. The Balaban J connectivity index is 2.29. The van der Waals surface area contributed by atoms with Crippen LogP contribution in [0.25, 0.3) is 0 Å². The summed E-state index contributed by atoms with van der Waals surface area (Å²) in [6.07, 6.45) is 1.27. The standard InChI is InChI=1S/C13H19NO3/c15-11-5-10-14(13(16)17)9-4-8-12-6-2-1-3-7-12/h1-3,6-7,15H,4-5,8-11H2,(H,16,17). The quantitative estimate of drug-likeness (QED) is 0.762. The van der Waals surface area contributed by atoms with E-state index in [0.717, 1.165) is 12.8 Å². The van der Waals surface area contributed by atoms with Gasteiger partial charge in [0.15, 0.2) is 0 Å². The van der Waals surface area contributed by atoms with Gasteiger partial charge in [-0.15, -0.1) is 0 Å². The molecule has 0 saturated carbocycles. The van der Waals surface area contributed by atoms with Gasteiger partial charge >= 0.3 is 6.09 Å². The molecular formula is C13H19NO3. The van der Waals surface area contributed by atoms with Gasteiger partial charge in [-0.3, -0.25) is 0 Å². The molecule has 1 rings (SSSR count). The summed E-state index contributed by atoms with van der Waals surface area (Å²) in [7, 11) is 0. The fraction of sp³-hybridized carbons (Fsp3) is 0.462. The maximum Gasteiger partial charge on any atom is 0.407 e. The van der Waals surface area contributed by atoms with E-state index >= 15 is 0 Å². The Morgan fingerprint density at radius 3 is 2.35 bits per heavy atom. The number of aryl methyl sites for hydroxylation is 1. The fourth-order valence-corrected chi connectivity index (χ4v) is 1.68. The molecule has 4 nitrogen and oxygen atoms in total. The normalized spacial score (nSPS) is 10.2. The van der Waals surface area contributed by atoms with Crippen LogP contribution in [0.1, 0.15) is 18.4 Å². The topological polar surface area (TPSA) is 60.8 Å². The fourth-order valence-electron chi connectivity index (χ4n) is 1.68. The lowest BCUT2D eigenvalue weighted by atomic mass is 10.1. The molecular weight excluding hydrogens is 218 g/mol. The summed E-state index contributed by atoms with van der Waals surface area (Å²) < 4.78 is 0. The van der Waals surface area contributed by atoms with Gasteiger partial charge in [0.05, 0.1) is 0 Å². The van der Waals surface area contributed by atoms with E-state index in [1.807, 2.05) is 30.3 Å². The first-order valence-corrected chi connectivity index (χ1v) is 5.86. The van der Waals surface area contributed by atoms with Crippen molar-refractivity contribution in [1.82, 2.24) is 4.90 Å². The van der Waals surface area contributed by atoms with Crippen molar-refractivity contribution < 1.29 is 15.0 Å². The molecule has 1 aromatic rings. The second-order valence-electron chi connectivity index (χ2n) is 3.94. The molecule has 0 bridgehead atoms. The van der Waals surface area contributed by atoms with Crippen LogP contribution >= 0.6 is 0 Å². The number of aliphatic hydroxyl groups is 1. The zero-order valence-electron chi connectivity index (χ0n) is 9.88. The zero-order valence-corrected chi connectivity index (χ0v) is 9.88. The highest BCUT2D eigenvalue weighted by molar-refractivity contribution is 5.64. The lowest BCUT2D eigenvalue weighted by molar-refractivity contribution is 0.140. The van der Waals surface area contributed by atoms with Crippen molar-refractivity contribution in [3.8, 4) is 0 Å². The Morgan fingerprint density at radius 1 is 1.12 bits per heavy atom. The number of carboxylic acid groups (broad SMARTS) is 1. The van der Waals surface area contributed by atoms with Gasteiger partial charge in [-0.05, 0) is 24.8 Å². The molecule has 1 amide bonds. The van der Waals surface area contributed by atoms with Gasteiger partial charge in [-0.1, -0.05) is 30.3 Å². The van der Waals surface area contributed by atoms with E-state index in [1.165, 1.54) is 10.5 Å². The van der Waals surface area contributed by atoms with Crippen molar-refractivity contribution >= 4 is 6.09 Å². The third kappa shape index (κ3) is 5.36. The number of benzene rings is 1. The maximum atomic E-state index is 10.9. The van der Waals surface area contributed by atoms with Crippen molar-refractivity contribution in [3.05, 3.63) is 35.9 Å². The van der Waals surface area contributed by atoms with Gasteiger partial charge < -0.3 is 15.1 Å². The Kier molecular flexibility index (Phi) is 6.10. The second kappa shape index (κ2) is 7.68. The van der Waals surface area contributed by atoms with Crippen LogP contribution < -0.4 is 0 Å². The van der Waals surface area contributed by atoms with Crippen molar-refractivity contribution in [2.45, 2.75) is 19.3 Å². The Morgan fingerprint density at radius 2 is 1.76 bits per heavy atom. The van der Waals surface area contributed by atoms with E-state index in [9.17, 15) is 4.79 Å². The molecule has 0 aliphatic carbocycles. The van der Waals surface area contributed by atoms with Gasteiger partial charge in [-0.2, -0.15) is 0 Å². The highest BCUT2D eigenvalue weighted by Gasteiger charge is 2.10. The summed E-state index contributed by atoms with van der Waals surface area (Å²) in [5, 5.41) is 17.6. The maximum absolute atomic E-state index is 10.9. The van der Waals surface area contributed by atoms with Crippen molar-refractivity contribution in [2.75, 3.05) is 19.7 Å². The monoisotopic (exact) mass is 237 g/mol. The summed E-state index contributed by atoms with van der Waals surface area (Å²) in [5.74, 6) is 0. The molecule has 0 unspecified atom stereocenters. The predicted molar refractivity (Wildman–Crippen MR) is 66.1 cm³/mol. The number of rotatable bonds is 7. The van der Waals surface area contributed by atoms with Crippen LogP contribution in [0.2, 0.25) is 0 Å². The Labute approximate surface area is 101 Å². The van der Waals surface area contributed by atoms with Crippen molar-refractivity contribution in [1.29, 1.82) is 0 Å². The van der Waals surface area contributed by atoms with Gasteiger partial charge in [0.1, 0.15) is 0 Å². The molecule has 0 fully saturated rings. The van der Waals surface area contributed by atoms with Crippen LogP contribution in [0.3, 0.4) is 0 Å². The molecule has 0 radical (unpaired) electrons. The Hall–Kier alpha value is -1.55. The molecule has 1 aromatic carbocycles. The number of aliphatic hydroxyl groups excluding tert-OH is 1. The molecule has 0 aliphatic heterocycles. The zero-order chi connectivity index (χ0) is 12.5. The third-order valence-electron chi connectivity index (χ3n) is 2.59. The lowest BCUT2D eigenvalue weighted by Crippen LogP contribution is -2.32. The summed E-state index contributed by atoms with van der Waals surface area (Å²) in [6.45, 7) is 0.952.